The summed E-state index contributed by atoms with van der Waals surface area (Å²) in [6, 6.07) is 1.70. The largest absolute Gasteiger partial charge is 0.396 e. The zero-order valence-corrected chi connectivity index (χ0v) is 9.37. The van der Waals surface area contributed by atoms with Crippen LogP contribution in [-0.2, 0) is 0 Å². The first-order valence-electron chi connectivity index (χ1n) is 5.15. The van der Waals surface area contributed by atoms with E-state index in [9.17, 15) is 0 Å². The Kier molecular flexibility index (Phi) is 6.04. The van der Waals surface area contributed by atoms with E-state index in [1.807, 2.05) is 0 Å². The lowest BCUT2D eigenvalue weighted by Gasteiger charge is -2.04. The van der Waals surface area contributed by atoms with Crippen molar-refractivity contribution in [1.82, 2.24) is 9.97 Å². The van der Waals surface area contributed by atoms with E-state index in [1.54, 1.807) is 6.07 Å². The number of aliphatic hydroxyl groups is 1. The van der Waals surface area contributed by atoms with Crippen LogP contribution in [0.15, 0.2) is 12.4 Å². The summed E-state index contributed by atoms with van der Waals surface area (Å²) in [6.45, 7) is 1.16. The summed E-state index contributed by atoms with van der Waals surface area (Å²) in [7, 11) is 0. The van der Waals surface area contributed by atoms with Gasteiger partial charge in [0.05, 0.1) is 0 Å². The molecule has 0 fully saturated rings. The van der Waals surface area contributed by atoms with Crippen molar-refractivity contribution in [1.29, 1.82) is 0 Å². The van der Waals surface area contributed by atoms with Gasteiger partial charge in [-0.2, -0.15) is 0 Å². The maximum absolute atomic E-state index is 8.58. The lowest BCUT2D eigenvalue weighted by atomic mass is 10.2. The highest BCUT2D eigenvalue weighted by Gasteiger charge is 1.95. The molecular formula is C10H16ClN3O. The van der Waals surface area contributed by atoms with Crippen LogP contribution >= 0.6 is 11.6 Å². The average Bonchev–Trinajstić information content (AvgIpc) is 2.23. The minimum atomic E-state index is 0.287. The number of unbranched alkanes of at least 4 members (excludes halogenated alkanes) is 3. The van der Waals surface area contributed by atoms with Crippen LogP contribution in [-0.4, -0.2) is 28.2 Å². The van der Waals surface area contributed by atoms with Crippen LogP contribution in [0.5, 0.6) is 0 Å². The molecule has 0 bridgehead atoms. The molecule has 1 rings (SSSR count). The van der Waals surface area contributed by atoms with E-state index < -0.39 is 0 Å². The SMILES string of the molecule is OCCCCCCNc1cc(Cl)ncn1. The summed E-state index contributed by atoms with van der Waals surface area (Å²) in [5.41, 5.74) is 0. The van der Waals surface area contributed by atoms with Crippen molar-refractivity contribution in [2.75, 3.05) is 18.5 Å². The summed E-state index contributed by atoms with van der Waals surface area (Å²) in [6.07, 6.45) is 5.59. The Bertz CT molecular complexity index is 283. The molecular weight excluding hydrogens is 214 g/mol. The van der Waals surface area contributed by atoms with Crippen LogP contribution in [0.2, 0.25) is 5.15 Å². The van der Waals surface area contributed by atoms with E-state index in [2.05, 4.69) is 15.3 Å². The Hall–Kier alpha value is -0.870. The zero-order valence-electron chi connectivity index (χ0n) is 8.62. The quantitative estimate of drug-likeness (QED) is 0.555. The van der Waals surface area contributed by atoms with Crippen molar-refractivity contribution in [3.63, 3.8) is 0 Å². The Morgan fingerprint density at radius 1 is 1.20 bits per heavy atom. The van der Waals surface area contributed by atoms with Crippen LogP contribution in [0.1, 0.15) is 25.7 Å². The van der Waals surface area contributed by atoms with Crippen LogP contribution in [0.3, 0.4) is 0 Å². The summed E-state index contributed by atoms with van der Waals surface area (Å²) in [5.74, 6) is 0.761. The number of halogens is 1. The lowest BCUT2D eigenvalue weighted by molar-refractivity contribution is 0.283. The molecule has 0 aliphatic heterocycles. The van der Waals surface area contributed by atoms with Gasteiger partial charge in [-0.15, -0.1) is 0 Å². The second-order valence-electron chi connectivity index (χ2n) is 3.29. The number of hydrogen-bond acceptors (Lipinski definition) is 4. The van der Waals surface area contributed by atoms with E-state index >= 15 is 0 Å². The minimum absolute atomic E-state index is 0.287. The van der Waals surface area contributed by atoms with E-state index in [4.69, 9.17) is 16.7 Å². The number of aromatic nitrogens is 2. The third kappa shape index (κ3) is 5.54. The number of anilines is 1. The van der Waals surface area contributed by atoms with E-state index in [-0.39, 0.29) is 6.61 Å². The molecule has 0 aromatic carbocycles. The van der Waals surface area contributed by atoms with Crippen molar-refractivity contribution in [3.8, 4) is 0 Å². The number of rotatable bonds is 7. The van der Waals surface area contributed by atoms with Gasteiger partial charge in [-0.25, -0.2) is 9.97 Å². The molecule has 5 heteroatoms. The Labute approximate surface area is 94.7 Å². The number of hydrogen-bond donors (Lipinski definition) is 2. The predicted octanol–water partition coefficient (Wildman–Crippen LogP) is 2.09. The van der Waals surface area contributed by atoms with Gasteiger partial charge in [-0.1, -0.05) is 24.4 Å². The molecule has 0 atom stereocenters. The fraction of sp³-hybridized carbons (Fsp3) is 0.600. The van der Waals surface area contributed by atoms with Gasteiger partial charge in [-0.3, -0.25) is 0 Å². The smallest absolute Gasteiger partial charge is 0.134 e. The molecule has 0 saturated carbocycles. The number of nitrogens with one attached hydrogen (secondary N) is 1. The molecule has 1 heterocycles. The Morgan fingerprint density at radius 3 is 2.73 bits per heavy atom. The summed E-state index contributed by atoms with van der Waals surface area (Å²) < 4.78 is 0. The third-order valence-corrected chi connectivity index (χ3v) is 2.23. The minimum Gasteiger partial charge on any atom is -0.396 e. The molecule has 0 unspecified atom stereocenters. The zero-order chi connectivity index (χ0) is 10.9. The molecule has 1 aromatic rings. The van der Waals surface area contributed by atoms with Gasteiger partial charge >= 0.3 is 0 Å². The van der Waals surface area contributed by atoms with Crippen molar-refractivity contribution in [2.24, 2.45) is 0 Å². The predicted molar refractivity (Wildman–Crippen MR) is 61.1 cm³/mol. The van der Waals surface area contributed by atoms with E-state index in [0.29, 0.717) is 5.15 Å². The fourth-order valence-electron chi connectivity index (χ4n) is 1.24. The van der Waals surface area contributed by atoms with Crippen LogP contribution in [0.25, 0.3) is 0 Å². The standard InChI is InChI=1S/C10H16ClN3O/c11-9-7-10(14-8-13-9)12-5-3-1-2-4-6-15/h7-8,15H,1-6H2,(H,12,13,14). The maximum Gasteiger partial charge on any atom is 0.134 e. The highest BCUT2D eigenvalue weighted by atomic mass is 35.5. The first-order valence-corrected chi connectivity index (χ1v) is 5.53. The molecule has 84 valence electrons. The Balaban J connectivity index is 2.10. The molecule has 0 amide bonds. The molecule has 2 N–H and O–H groups in total. The van der Waals surface area contributed by atoms with Gasteiger partial charge < -0.3 is 10.4 Å². The van der Waals surface area contributed by atoms with Gasteiger partial charge in [0.25, 0.3) is 0 Å². The topological polar surface area (TPSA) is 58.0 Å². The van der Waals surface area contributed by atoms with Gasteiger partial charge in [0.15, 0.2) is 0 Å². The molecule has 15 heavy (non-hydrogen) atoms. The monoisotopic (exact) mass is 229 g/mol. The van der Waals surface area contributed by atoms with Crippen molar-refractivity contribution in [3.05, 3.63) is 17.5 Å². The molecule has 1 aromatic heterocycles. The van der Waals surface area contributed by atoms with E-state index in [0.717, 1.165) is 38.0 Å². The molecule has 0 saturated heterocycles. The maximum atomic E-state index is 8.58. The average molecular weight is 230 g/mol. The molecule has 0 aliphatic rings. The van der Waals surface area contributed by atoms with Crippen molar-refractivity contribution < 1.29 is 5.11 Å². The highest BCUT2D eigenvalue weighted by molar-refractivity contribution is 6.29. The van der Waals surface area contributed by atoms with Gasteiger partial charge in [-0.05, 0) is 12.8 Å². The van der Waals surface area contributed by atoms with Crippen LogP contribution < -0.4 is 5.32 Å². The first-order chi connectivity index (χ1) is 7.33. The van der Waals surface area contributed by atoms with Crippen LogP contribution in [0.4, 0.5) is 5.82 Å². The Morgan fingerprint density at radius 2 is 2.00 bits per heavy atom. The van der Waals surface area contributed by atoms with Gasteiger partial charge in [0.2, 0.25) is 0 Å². The van der Waals surface area contributed by atoms with Crippen molar-refractivity contribution in [2.45, 2.75) is 25.7 Å². The van der Waals surface area contributed by atoms with Crippen LogP contribution in [0, 0.1) is 0 Å². The summed E-state index contributed by atoms with van der Waals surface area (Å²) >= 11 is 5.71. The molecule has 0 spiro atoms. The van der Waals surface area contributed by atoms with E-state index in [1.165, 1.54) is 6.33 Å². The normalized spacial score (nSPS) is 10.3. The van der Waals surface area contributed by atoms with Crippen molar-refractivity contribution >= 4 is 17.4 Å². The molecule has 0 aliphatic carbocycles. The second kappa shape index (κ2) is 7.43. The summed E-state index contributed by atoms with van der Waals surface area (Å²) in [4.78, 5) is 7.82. The molecule has 4 nitrogen and oxygen atoms in total. The highest BCUT2D eigenvalue weighted by Crippen LogP contribution is 2.08. The van der Waals surface area contributed by atoms with Gasteiger partial charge in [0, 0.05) is 19.2 Å². The molecule has 0 radical (unpaired) electrons. The second-order valence-corrected chi connectivity index (χ2v) is 3.68. The summed E-state index contributed by atoms with van der Waals surface area (Å²) in [5, 5.41) is 12.2. The lowest BCUT2D eigenvalue weighted by Crippen LogP contribution is -2.03. The number of aliphatic hydroxyl groups excluding tert-OH is 1. The number of nitrogens with zero attached hydrogens (tertiary/aromatic N) is 2. The van der Waals surface area contributed by atoms with Gasteiger partial charge in [0.1, 0.15) is 17.3 Å². The first kappa shape index (κ1) is 12.2. The third-order valence-electron chi connectivity index (χ3n) is 2.02. The fourth-order valence-corrected chi connectivity index (χ4v) is 1.38.